The number of ether oxygens (including phenoxy) is 1. The van der Waals surface area contributed by atoms with E-state index in [-0.39, 0.29) is 17.5 Å². The summed E-state index contributed by atoms with van der Waals surface area (Å²) >= 11 is 0. The molecule has 1 fully saturated rings. The van der Waals surface area contributed by atoms with E-state index < -0.39 is 5.97 Å². The molecule has 0 aliphatic carbocycles. The number of phenolic OH excluding ortho intramolecular Hbond substituents is 1. The average Bonchev–Trinajstić information content (AvgIpc) is 2.50. The SMILES string of the molecule is CC(=O)Oc1ccc([C@@H](CCC(C)C)N2CCNCC2)cc1O. The van der Waals surface area contributed by atoms with Gasteiger partial charge in [0.1, 0.15) is 0 Å². The molecule has 2 N–H and O–H groups in total. The average molecular weight is 320 g/mol. The van der Waals surface area contributed by atoms with Crippen molar-refractivity contribution in [3.63, 3.8) is 0 Å². The molecule has 2 rings (SSSR count). The van der Waals surface area contributed by atoms with E-state index in [1.807, 2.05) is 6.07 Å². The highest BCUT2D eigenvalue weighted by atomic mass is 16.5. The molecule has 0 bridgehead atoms. The molecule has 0 aromatic heterocycles. The fourth-order valence-electron chi connectivity index (χ4n) is 3.03. The van der Waals surface area contributed by atoms with Crippen LogP contribution in [0.3, 0.4) is 0 Å². The Labute approximate surface area is 138 Å². The van der Waals surface area contributed by atoms with Crippen molar-refractivity contribution in [2.45, 2.75) is 39.7 Å². The minimum atomic E-state index is -0.425. The molecule has 1 aliphatic heterocycles. The standard InChI is InChI=1S/C18H28N2O3/c1-13(2)4-6-16(20-10-8-19-9-11-20)15-5-7-18(17(22)12-15)23-14(3)21/h5,7,12-13,16,19,22H,4,6,8-11H2,1-3H3/t16-/m1/s1. The third kappa shape index (κ3) is 5.22. The monoisotopic (exact) mass is 320 g/mol. The van der Waals surface area contributed by atoms with E-state index in [9.17, 15) is 9.90 Å². The number of rotatable bonds is 6. The quantitative estimate of drug-likeness (QED) is 0.623. The zero-order valence-corrected chi connectivity index (χ0v) is 14.3. The van der Waals surface area contributed by atoms with Gasteiger partial charge < -0.3 is 15.2 Å². The summed E-state index contributed by atoms with van der Waals surface area (Å²) < 4.78 is 5.01. The maximum Gasteiger partial charge on any atom is 0.308 e. The second kappa shape index (κ2) is 8.31. The van der Waals surface area contributed by atoms with Crippen LogP contribution in [-0.4, -0.2) is 42.2 Å². The lowest BCUT2D eigenvalue weighted by Gasteiger charge is -2.35. The number of nitrogens with one attached hydrogen (secondary N) is 1. The first kappa shape index (κ1) is 17.8. The van der Waals surface area contributed by atoms with Crippen molar-refractivity contribution < 1.29 is 14.6 Å². The molecule has 1 aliphatic rings. The lowest BCUT2D eigenvalue weighted by molar-refractivity contribution is -0.132. The van der Waals surface area contributed by atoms with Gasteiger partial charge in [0.25, 0.3) is 0 Å². The van der Waals surface area contributed by atoms with Gasteiger partial charge in [0.2, 0.25) is 0 Å². The summed E-state index contributed by atoms with van der Waals surface area (Å²) in [5.41, 5.74) is 1.08. The van der Waals surface area contributed by atoms with E-state index in [2.05, 4.69) is 24.1 Å². The smallest absolute Gasteiger partial charge is 0.308 e. The zero-order valence-electron chi connectivity index (χ0n) is 14.3. The topological polar surface area (TPSA) is 61.8 Å². The summed E-state index contributed by atoms with van der Waals surface area (Å²) in [4.78, 5) is 13.5. The highest BCUT2D eigenvalue weighted by molar-refractivity contribution is 5.70. The van der Waals surface area contributed by atoms with Crippen LogP contribution in [0.25, 0.3) is 0 Å². The molecule has 1 aromatic rings. The number of benzene rings is 1. The number of phenols is 1. The molecule has 128 valence electrons. The lowest BCUT2D eigenvalue weighted by atomic mass is 9.95. The molecule has 23 heavy (non-hydrogen) atoms. The molecule has 1 heterocycles. The summed E-state index contributed by atoms with van der Waals surface area (Å²) in [6.45, 7) is 9.81. The first-order chi connectivity index (χ1) is 11.0. The zero-order chi connectivity index (χ0) is 16.8. The van der Waals surface area contributed by atoms with Gasteiger partial charge in [-0.25, -0.2) is 0 Å². The van der Waals surface area contributed by atoms with E-state index >= 15 is 0 Å². The van der Waals surface area contributed by atoms with Crippen LogP contribution in [0.15, 0.2) is 18.2 Å². The second-order valence-electron chi connectivity index (χ2n) is 6.59. The van der Waals surface area contributed by atoms with Gasteiger partial charge in [-0.3, -0.25) is 9.69 Å². The van der Waals surface area contributed by atoms with Crippen LogP contribution in [0.4, 0.5) is 0 Å². The van der Waals surface area contributed by atoms with Crippen LogP contribution < -0.4 is 10.1 Å². The van der Waals surface area contributed by atoms with E-state index in [1.165, 1.54) is 6.92 Å². The molecule has 0 radical (unpaired) electrons. The summed E-state index contributed by atoms with van der Waals surface area (Å²) in [7, 11) is 0. The largest absolute Gasteiger partial charge is 0.504 e. The molecule has 0 unspecified atom stereocenters. The van der Waals surface area contributed by atoms with Crippen LogP contribution in [0.2, 0.25) is 0 Å². The van der Waals surface area contributed by atoms with E-state index in [1.54, 1.807) is 12.1 Å². The van der Waals surface area contributed by atoms with Gasteiger partial charge >= 0.3 is 5.97 Å². The van der Waals surface area contributed by atoms with Gasteiger partial charge in [-0.2, -0.15) is 0 Å². The normalized spacial score (nSPS) is 17.2. The van der Waals surface area contributed by atoms with Crippen LogP contribution in [0, 0.1) is 5.92 Å². The summed E-state index contributed by atoms with van der Waals surface area (Å²) in [6.07, 6.45) is 2.20. The van der Waals surface area contributed by atoms with Gasteiger partial charge in [-0.1, -0.05) is 19.9 Å². The van der Waals surface area contributed by atoms with Gasteiger partial charge in [0.15, 0.2) is 11.5 Å². The predicted octanol–water partition coefficient (Wildman–Crippen LogP) is 2.70. The van der Waals surface area contributed by atoms with Crippen molar-refractivity contribution in [3.8, 4) is 11.5 Å². The molecule has 1 aromatic carbocycles. The molecule has 1 saturated heterocycles. The molecule has 0 spiro atoms. The summed E-state index contributed by atoms with van der Waals surface area (Å²) in [5, 5.41) is 13.5. The number of hydrogen-bond donors (Lipinski definition) is 2. The van der Waals surface area contributed by atoms with Crippen molar-refractivity contribution >= 4 is 5.97 Å². The summed E-state index contributed by atoms with van der Waals surface area (Å²) in [5.74, 6) is 0.479. The Bertz CT molecular complexity index is 525. The minimum absolute atomic E-state index is 0.0300. The van der Waals surface area contributed by atoms with Gasteiger partial charge in [0, 0.05) is 39.1 Å². The third-order valence-corrected chi connectivity index (χ3v) is 4.23. The second-order valence-corrected chi connectivity index (χ2v) is 6.59. The Morgan fingerprint density at radius 3 is 2.57 bits per heavy atom. The van der Waals surface area contributed by atoms with E-state index in [4.69, 9.17) is 4.74 Å². The van der Waals surface area contributed by atoms with Gasteiger partial charge in [-0.05, 0) is 36.5 Å². The first-order valence-electron chi connectivity index (χ1n) is 8.43. The predicted molar refractivity (Wildman–Crippen MR) is 90.7 cm³/mol. The number of aromatic hydroxyl groups is 1. The molecule has 1 atom stereocenters. The Balaban J connectivity index is 2.19. The fourth-order valence-corrected chi connectivity index (χ4v) is 3.03. The Morgan fingerprint density at radius 2 is 2.00 bits per heavy atom. The Morgan fingerprint density at radius 1 is 1.30 bits per heavy atom. The number of nitrogens with zero attached hydrogens (tertiary/aromatic N) is 1. The Kier molecular flexibility index (Phi) is 6.42. The van der Waals surface area contributed by atoms with Crippen molar-refractivity contribution in [1.82, 2.24) is 10.2 Å². The summed E-state index contributed by atoms with van der Waals surface area (Å²) in [6, 6.07) is 5.68. The van der Waals surface area contributed by atoms with Crippen LogP contribution >= 0.6 is 0 Å². The molecule has 0 saturated carbocycles. The molecular weight excluding hydrogens is 292 g/mol. The Hall–Kier alpha value is -1.59. The number of hydrogen-bond acceptors (Lipinski definition) is 5. The van der Waals surface area contributed by atoms with Gasteiger partial charge in [-0.15, -0.1) is 0 Å². The van der Waals surface area contributed by atoms with E-state index in [0.29, 0.717) is 5.92 Å². The maximum absolute atomic E-state index is 11.1. The lowest BCUT2D eigenvalue weighted by Crippen LogP contribution is -2.45. The van der Waals surface area contributed by atoms with Crippen molar-refractivity contribution in [3.05, 3.63) is 23.8 Å². The highest BCUT2D eigenvalue weighted by Gasteiger charge is 2.23. The van der Waals surface area contributed by atoms with E-state index in [0.717, 1.165) is 44.6 Å². The number of carbonyl (C=O) groups is 1. The number of esters is 1. The molecular formula is C18H28N2O3. The number of piperazine rings is 1. The van der Waals surface area contributed by atoms with Crippen LogP contribution in [0.5, 0.6) is 11.5 Å². The number of carbonyl (C=O) groups excluding carboxylic acids is 1. The van der Waals surface area contributed by atoms with Gasteiger partial charge in [0.05, 0.1) is 0 Å². The molecule has 5 nitrogen and oxygen atoms in total. The third-order valence-electron chi connectivity index (χ3n) is 4.23. The van der Waals surface area contributed by atoms with Crippen LogP contribution in [-0.2, 0) is 4.79 Å². The molecule has 5 heteroatoms. The van der Waals surface area contributed by atoms with Crippen LogP contribution in [0.1, 0.15) is 45.2 Å². The maximum atomic E-state index is 11.1. The van der Waals surface area contributed by atoms with Crippen molar-refractivity contribution in [2.24, 2.45) is 5.92 Å². The molecule has 0 amide bonds. The minimum Gasteiger partial charge on any atom is -0.504 e. The fraction of sp³-hybridized carbons (Fsp3) is 0.611. The van der Waals surface area contributed by atoms with Crippen molar-refractivity contribution in [1.29, 1.82) is 0 Å². The highest BCUT2D eigenvalue weighted by Crippen LogP contribution is 2.34. The van der Waals surface area contributed by atoms with Crippen molar-refractivity contribution in [2.75, 3.05) is 26.2 Å². The first-order valence-corrected chi connectivity index (χ1v) is 8.43.